The van der Waals surface area contributed by atoms with Crippen LogP contribution in [0.15, 0.2) is 66.9 Å². The number of amides is 2. The van der Waals surface area contributed by atoms with Crippen LogP contribution in [0, 0.1) is 6.92 Å². The van der Waals surface area contributed by atoms with E-state index in [9.17, 15) is 9.59 Å². The molecule has 6 nitrogen and oxygen atoms in total. The fraction of sp³-hybridized carbons (Fsp3) is 0.333. The molecule has 1 aliphatic rings. The Bertz CT molecular complexity index is 1100. The number of hydrogen-bond donors (Lipinski definition) is 0. The fourth-order valence-corrected chi connectivity index (χ4v) is 4.44. The van der Waals surface area contributed by atoms with Crippen molar-refractivity contribution in [2.45, 2.75) is 32.9 Å². The Hall–Kier alpha value is -3.54. The van der Waals surface area contributed by atoms with E-state index in [2.05, 4.69) is 48.0 Å². The second-order valence-electron chi connectivity index (χ2n) is 8.48. The maximum atomic E-state index is 13.6. The van der Waals surface area contributed by atoms with Crippen LogP contribution in [0.3, 0.4) is 0 Å². The predicted octanol–water partition coefficient (Wildman–Crippen LogP) is 4.29. The number of benzene rings is 2. The van der Waals surface area contributed by atoms with Crippen molar-refractivity contribution in [3.8, 4) is 5.75 Å². The number of aromatic nitrogens is 1. The van der Waals surface area contributed by atoms with Gasteiger partial charge in [-0.1, -0.05) is 36.8 Å². The first-order valence-electron chi connectivity index (χ1n) is 11.5. The lowest BCUT2D eigenvalue weighted by Gasteiger charge is -2.38. The predicted molar refractivity (Wildman–Crippen MR) is 128 cm³/mol. The normalized spacial score (nSPS) is 15.1. The fourth-order valence-electron chi connectivity index (χ4n) is 4.44. The molecule has 0 unspecified atom stereocenters. The number of ether oxygens (including phenoxy) is 1. The van der Waals surface area contributed by atoms with Crippen LogP contribution in [0.5, 0.6) is 5.75 Å². The quantitative estimate of drug-likeness (QED) is 0.545. The van der Waals surface area contributed by atoms with Gasteiger partial charge < -0.3 is 19.1 Å². The maximum absolute atomic E-state index is 13.6. The number of methoxy groups -OCH3 is 1. The van der Waals surface area contributed by atoms with Gasteiger partial charge in [0.1, 0.15) is 12.3 Å². The second kappa shape index (κ2) is 9.94. The molecule has 1 aliphatic heterocycles. The highest BCUT2D eigenvalue weighted by atomic mass is 16.5. The van der Waals surface area contributed by atoms with Crippen molar-refractivity contribution in [3.63, 3.8) is 0 Å². The van der Waals surface area contributed by atoms with Crippen molar-refractivity contribution in [2.75, 3.05) is 26.7 Å². The monoisotopic (exact) mass is 445 g/mol. The average Bonchev–Trinajstić information content (AvgIpc) is 3.32. The summed E-state index contributed by atoms with van der Waals surface area (Å²) in [5.41, 5.74) is 3.92. The third-order valence-corrected chi connectivity index (χ3v) is 6.20. The van der Waals surface area contributed by atoms with E-state index in [1.165, 1.54) is 5.56 Å². The third kappa shape index (κ3) is 4.80. The molecule has 33 heavy (non-hydrogen) atoms. The highest BCUT2D eigenvalue weighted by molar-refractivity contribution is 5.96. The molecular weight excluding hydrogens is 414 g/mol. The average molecular weight is 446 g/mol. The minimum Gasteiger partial charge on any atom is -0.497 e. The van der Waals surface area contributed by atoms with Crippen LogP contribution >= 0.6 is 0 Å². The lowest BCUT2D eigenvalue weighted by Crippen LogP contribution is -2.48. The van der Waals surface area contributed by atoms with E-state index < -0.39 is 0 Å². The Balaban J connectivity index is 1.58. The van der Waals surface area contributed by atoms with Gasteiger partial charge in [0.25, 0.3) is 5.91 Å². The zero-order valence-corrected chi connectivity index (χ0v) is 19.5. The summed E-state index contributed by atoms with van der Waals surface area (Å²) in [5.74, 6) is 0.519. The number of carbonyl (C=O) groups is 2. The van der Waals surface area contributed by atoms with Crippen molar-refractivity contribution in [1.29, 1.82) is 0 Å². The van der Waals surface area contributed by atoms with Crippen LogP contribution in [0.2, 0.25) is 0 Å². The molecular formula is C27H31N3O3. The minimum atomic E-state index is -0.165. The lowest BCUT2D eigenvalue weighted by atomic mass is 9.98. The van der Waals surface area contributed by atoms with Gasteiger partial charge in [0, 0.05) is 37.1 Å². The smallest absolute Gasteiger partial charge is 0.254 e. The molecule has 0 radical (unpaired) electrons. The molecule has 0 fully saturated rings. The number of nitrogens with zero attached hydrogens (tertiary/aromatic N) is 3. The molecule has 1 atom stereocenters. The zero-order valence-electron chi connectivity index (χ0n) is 19.5. The summed E-state index contributed by atoms with van der Waals surface area (Å²) in [6.07, 6.45) is 2.84. The van der Waals surface area contributed by atoms with Crippen molar-refractivity contribution < 1.29 is 14.3 Å². The lowest BCUT2D eigenvalue weighted by molar-refractivity contribution is -0.134. The molecule has 6 heteroatoms. The summed E-state index contributed by atoms with van der Waals surface area (Å²) in [6, 6.07) is 19.3. The first-order chi connectivity index (χ1) is 16.0. The van der Waals surface area contributed by atoms with E-state index in [1.54, 1.807) is 36.3 Å². The zero-order chi connectivity index (χ0) is 23.4. The van der Waals surface area contributed by atoms with Crippen molar-refractivity contribution in [2.24, 2.45) is 0 Å². The molecule has 172 valence electrons. The number of carbonyl (C=O) groups excluding carboxylic acids is 2. The number of aryl methyl sites for hydroxylation is 1. The molecule has 0 spiro atoms. The second-order valence-corrected chi connectivity index (χ2v) is 8.48. The number of hydrogen-bond acceptors (Lipinski definition) is 3. The van der Waals surface area contributed by atoms with Crippen LogP contribution in [0.1, 0.15) is 46.6 Å². The van der Waals surface area contributed by atoms with Crippen molar-refractivity contribution in [3.05, 3.63) is 89.2 Å². The largest absolute Gasteiger partial charge is 0.497 e. The Morgan fingerprint density at radius 2 is 1.76 bits per heavy atom. The molecule has 2 aromatic carbocycles. The van der Waals surface area contributed by atoms with Gasteiger partial charge in [-0.15, -0.1) is 0 Å². The molecule has 2 heterocycles. The molecule has 0 bridgehead atoms. The van der Waals surface area contributed by atoms with Gasteiger partial charge >= 0.3 is 0 Å². The van der Waals surface area contributed by atoms with E-state index >= 15 is 0 Å². The summed E-state index contributed by atoms with van der Waals surface area (Å²) in [6.45, 7) is 6.01. The highest BCUT2D eigenvalue weighted by Crippen LogP contribution is 2.32. The SMILES string of the molecule is CCCN(CC(=O)N1CCn2cccc2[C@@H]1c1ccc(C)cc1)C(=O)c1ccc(OC)cc1. The van der Waals surface area contributed by atoms with Crippen molar-refractivity contribution >= 4 is 11.8 Å². The first-order valence-corrected chi connectivity index (χ1v) is 11.5. The summed E-state index contributed by atoms with van der Waals surface area (Å²) in [4.78, 5) is 30.4. The molecule has 1 aromatic heterocycles. The molecule has 0 saturated heterocycles. The molecule has 3 aromatic rings. The van der Waals surface area contributed by atoms with Crippen LogP contribution in [0.4, 0.5) is 0 Å². The molecule has 2 amide bonds. The van der Waals surface area contributed by atoms with Gasteiger partial charge in [0.05, 0.1) is 13.2 Å². The van der Waals surface area contributed by atoms with Crippen LogP contribution < -0.4 is 4.74 Å². The van der Waals surface area contributed by atoms with Gasteiger partial charge in [-0.3, -0.25) is 9.59 Å². The van der Waals surface area contributed by atoms with Crippen LogP contribution in [-0.4, -0.2) is 52.9 Å². The van der Waals surface area contributed by atoms with E-state index in [0.717, 1.165) is 24.2 Å². The Labute approximate surface area is 195 Å². The van der Waals surface area contributed by atoms with Crippen LogP contribution in [-0.2, 0) is 11.3 Å². The summed E-state index contributed by atoms with van der Waals surface area (Å²) < 4.78 is 7.41. The van der Waals surface area contributed by atoms with E-state index in [4.69, 9.17) is 4.74 Å². The van der Waals surface area contributed by atoms with E-state index in [0.29, 0.717) is 24.4 Å². The topological polar surface area (TPSA) is 54.8 Å². The maximum Gasteiger partial charge on any atom is 0.254 e. The third-order valence-electron chi connectivity index (χ3n) is 6.20. The molecule has 0 aliphatic carbocycles. The van der Waals surface area contributed by atoms with E-state index in [-0.39, 0.29) is 24.4 Å². The Kier molecular flexibility index (Phi) is 6.82. The van der Waals surface area contributed by atoms with Gasteiger partial charge in [0.2, 0.25) is 5.91 Å². The first kappa shape index (κ1) is 22.6. The summed E-state index contributed by atoms with van der Waals surface area (Å²) in [7, 11) is 1.60. The number of fused-ring (bicyclic) bond motifs is 1. The number of rotatable bonds is 7. The van der Waals surface area contributed by atoms with Gasteiger partial charge in [-0.25, -0.2) is 0 Å². The van der Waals surface area contributed by atoms with Crippen LogP contribution in [0.25, 0.3) is 0 Å². The molecule has 0 saturated carbocycles. The molecule has 4 rings (SSSR count). The molecule has 0 N–H and O–H groups in total. The van der Waals surface area contributed by atoms with Gasteiger partial charge in [0.15, 0.2) is 0 Å². The minimum absolute atomic E-state index is 0.0386. The highest BCUT2D eigenvalue weighted by Gasteiger charge is 2.33. The van der Waals surface area contributed by atoms with E-state index in [1.807, 2.05) is 17.9 Å². The summed E-state index contributed by atoms with van der Waals surface area (Å²) >= 11 is 0. The van der Waals surface area contributed by atoms with Gasteiger partial charge in [-0.2, -0.15) is 0 Å². The standard InChI is InChI=1S/C27H31N3O3/c1-4-15-29(27(32)22-11-13-23(33-3)14-12-22)19-25(31)30-18-17-28-16-5-6-24(28)26(30)21-9-7-20(2)8-10-21/h5-14,16,26H,4,15,17-19H2,1-3H3/t26-/m0/s1. The Morgan fingerprint density at radius 1 is 1.03 bits per heavy atom. The Morgan fingerprint density at radius 3 is 2.42 bits per heavy atom. The summed E-state index contributed by atoms with van der Waals surface area (Å²) in [5, 5.41) is 0. The van der Waals surface area contributed by atoms with Crippen molar-refractivity contribution in [1.82, 2.24) is 14.4 Å². The van der Waals surface area contributed by atoms with Gasteiger partial charge in [-0.05, 0) is 55.3 Å².